The van der Waals surface area contributed by atoms with Crippen LogP contribution in [0.25, 0.3) is 10.8 Å². The highest BCUT2D eigenvalue weighted by atomic mass is 32.2. The van der Waals surface area contributed by atoms with Crippen LogP contribution in [0.1, 0.15) is 12.5 Å². The van der Waals surface area contributed by atoms with Crippen molar-refractivity contribution >= 4 is 46.3 Å². The van der Waals surface area contributed by atoms with Gasteiger partial charge in [-0.15, -0.1) is 11.8 Å². The van der Waals surface area contributed by atoms with Gasteiger partial charge >= 0.3 is 0 Å². The molecule has 44 heavy (non-hydrogen) atoms. The summed E-state index contributed by atoms with van der Waals surface area (Å²) in [6, 6.07) is 22.7. The number of hydrogen-bond acceptors (Lipinski definition) is 11. The summed E-state index contributed by atoms with van der Waals surface area (Å²) in [7, 11) is 0. The first-order valence-corrected chi connectivity index (χ1v) is 16.1. The molecule has 6 rings (SSSR count). The lowest BCUT2D eigenvalue weighted by Crippen LogP contribution is -2.39. The Morgan fingerprint density at radius 2 is 1.64 bits per heavy atom. The smallest absolute Gasteiger partial charge is 0.229 e. The Balaban J connectivity index is 1.10. The van der Waals surface area contributed by atoms with E-state index in [1.807, 2.05) is 31.2 Å². The van der Waals surface area contributed by atoms with Crippen molar-refractivity contribution in [2.45, 2.75) is 11.8 Å². The highest BCUT2D eigenvalue weighted by molar-refractivity contribution is 7.99. The van der Waals surface area contributed by atoms with E-state index in [4.69, 9.17) is 28.9 Å². The Hall–Kier alpha value is -4.06. The molecule has 2 aliphatic heterocycles. The molecular weight excluding hydrogens is 576 g/mol. The van der Waals surface area contributed by atoms with Crippen molar-refractivity contribution in [1.82, 2.24) is 9.97 Å². The standard InChI is InChI=1S/C33H38N6O4S/c1-2-42-29-22-25(10-11-28(29)43-20-21-44-30-9-5-7-26-6-3-4-8-27(26)30)24-34-37-31-23-32(38-12-16-40-17-13-38)36-33(35-31)39-14-18-41-19-15-39/h3-11,22-24H,2,12-21H2,1H3,(H,35,36,37)/b34-24+. The molecule has 0 amide bonds. The molecule has 1 aromatic heterocycles. The van der Waals surface area contributed by atoms with E-state index in [9.17, 15) is 0 Å². The van der Waals surface area contributed by atoms with Crippen LogP contribution >= 0.6 is 11.8 Å². The summed E-state index contributed by atoms with van der Waals surface area (Å²) in [5.41, 5.74) is 4.00. The zero-order valence-electron chi connectivity index (χ0n) is 25.0. The number of aromatic nitrogens is 2. The fourth-order valence-corrected chi connectivity index (χ4v) is 6.03. The highest BCUT2D eigenvalue weighted by Gasteiger charge is 2.19. The predicted molar refractivity (Wildman–Crippen MR) is 177 cm³/mol. The van der Waals surface area contributed by atoms with Crippen LogP contribution in [-0.2, 0) is 9.47 Å². The van der Waals surface area contributed by atoms with Gasteiger partial charge in [-0.3, -0.25) is 5.43 Å². The van der Waals surface area contributed by atoms with Gasteiger partial charge in [-0.05, 0) is 47.5 Å². The van der Waals surface area contributed by atoms with Crippen molar-refractivity contribution in [2.75, 3.05) is 86.8 Å². The Labute approximate surface area is 262 Å². The summed E-state index contributed by atoms with van der Waals surface area (Å²) in [4.78, 5) is 15.2. The summed E-state index contributed by atoms with van der Waals surface area (Å²) in [5.74, 6) is 4.40. The van der Waals surface area contributed by atoms with Gasteiger partial charge in [0.15, 0.2) is 17.3 Å². The molecule has 0 unspecified atom stereocenters. The topological polar surface area (TPSA) is 93.6 Å². The van der Waals surface area contributed by atoms with Crippen molar-refractivity contribution in [2.24, 2.45) is 5.10 Å². The first kappa shape index (κ1) is 30.0. The Morgan fingerprint density at radius 1 is 0.864 bits per heavy atom. The Morgan fingerprint density at radius 3 is 2.45 bits per heavy atom. The molecule has 0 saturated carbocycles. The molecule has 2 saturated heterocycles. The van der Waals surface area contributed by atoms with E-state index in [2.05, 4.69) is 62.8 Å². The second kappa shape index (κ2) is 15.1. The minimum atomic E-state index is 0.537. The molecule has 2 fully saturated rings. The first-order chi connectivity index (χ1) is 21.8. The third-order valence-corrected chi connectivity index (χ3v) is 8.38. The fourth-order valence-electron chi connectivity index (χ4n) is 5.13. The molecule has 230 valence electrons. The zero-order chi connectivity index (χ0) is 30.0. The van der Waals surface area contributed by atoms with E-state index in [0.717, 1.165) is 49.1 Å². The van der Waals surface area contributed by atoms with E-state index in [1.54, 1.807) is 18.0 Å². The van der Waals surface area contributed by atoms with Crippen LogP contribution in [0.5, 0.6) is 11.5 Å². The predicted octanol–water partition coefficient (Wildman–Crippen LogP) is 5.32. The van der Waals surface area contributed by atoms with Crippen LogP contribution < -0.4 is 24.7 Å². The van der Waals surface area contributed by atoms with Crippen LogP contribution in [0.2, 0.25) is 0 Å². The number of anilines is 3. The summed E-state index contributed by atoms with van der Waals surface area (Å²) in [5, 5.41) is 7.01. The minimum Gasteiger partial charge on any atom is -0.490 e. The van der Waals surface area contributed by atoms with Crippen molar-refractivity contribution < 1.29 is 18.9 Å². The average Bonchev–Trinajstić information content (AvgIpc) is 3.08. The van der Waals surface area contributed by atoms with Gasteiger partial charge in [0.1, 0.15) is 5.82 Å². The van der Waals surface area contributed by atoms with Crippen molar-refractivity contribution in [3.05, 3.63) is 72.3 Å². The maximum absolute atomic E-state index is 6.14. The van der Waals surface area contributed by atoms with Gasteiger partial charge in [0.05, 0.1) is 45.9 Å². The molecule has 0 bridgehead atoms. The van der Waals surface area contributed by atoms with Crippen molar-refractivity contribution in [3.8, 4) is 11.5 Å². The Kier molecular flexibility index (Phi) is 10.3. The van der Waals surface area contributed by atoms with Crippen LogP contribution in [0.3, 0.4) is 0 Å². The van der Waals surface area contributed by atoms with E-state index in [0.29, 0.717) is 57.2 Å². The molecule has 10 nitrogen and oxygen atoms in total. The van der Waals surface area contributed by atoms with Crippen molar-refractivity contribution in [1.29, 1.82) is 0 Å². The minimum absolute atomic E-state index is 0.537. The average molecular weight is 615 g/mol. The number of morpholine rings is 2. The summed E-state index contributed by atoms with van der Waals surface area (Å²) in [6.45, 7) is 8.85. The van der Waals surface area contributed by atoms with E-state index in [1.165, 1.54) is 15.7 Å². The first-order valence-electron chi connectivity index (χ1n) is 15.1. The molecule has 3 aromatic carbocycles. The third kappa shape index (κ3) is 7.71. The fraction of sp³-hybridized carbons (Fsp3) is 0.364. The van der Waals surface area contributed by atoms with Gasteiger partial charge in [0.25, 0.3) is 0 Å². The molecule has 0 atom stereocenters. The van der Waals surface area contributed by atoms with E-state index >= 15 is 0 Å². The Bertz CT molecular complexity index is 1520. The maximum Gasteiger partial charge on any atom is 0.229 e. The molecule has 1 N–H and O–H groups in total. The molecule has 3 heterocycles. The van der Waals surface area contributed by atoms with Crippen LogP contribution in [0, 0.1) is 0 Å². The van der Waals surface area contributed by atoms with Crippen LogP contribution in [0.4, 0.5) is 17.6 Å². The number of thioether (sulfide) groups is 1. The number of benzene rings is 3. The number of nitrogens with zero attached hydrogens (tertiary/aromatic N) is 5. The molecule has 0 aliphatic carbocycles. The van der Waals surface area contributed by atoms with Gasteiger partial charge < -0.3 is 28.7 Å². The highest BCUT2D eigenvalue weighted by Crippen LogP contribution is 2.30. The largest absolute Gasteiger partial charge is 0.490 e. The monoisotopic (exact) mass is 614 g/mol. The molecule has 2 aliphatic rings. The van der Waals surface area contributed by atoms with Gasteiger partial charge in [-0.2, -0.15) is 15.1 Å². The quantitative estimate of drug-likeness (QED) is 0.0979. The summed E-state index contributed by atoms with van der Waals surface area (Å²) >= 11 is 1.80. The number of nitrogens with one attached hydrogen (secondary N) is 1. The van der Waals surface area contributed by atoms with Gasteiger partial charge in [-0.25, -0.2) is 0 Å². The molecular formula is C33H38N6O4S. The van der Waals surface area contributed by atoms with Crippen LogP contribution in [-0.4, -0.2) is 87.8 Å². The van der Waals surface area contributed by atoms with Gasteiger partial charge in [0.2, 0.25) is 5.95 Å². The lowest BCUT2D eigenvalue weighted by Gasteiger charge is -2.31. The molecule has 11 heteroatoms. The third-order valence-electron chi connectivity index (χ3n) is 7.34. The van der Waals surface area contributed by atoms with Gasteiger partial charge in [0, 0.05) is 42.9 Å². The zero-order valence-corrected chi connectivity index (χ0v) is 25.8. The summed E-state index contributed by atoms with van der Waals surface area (Å²) in [6.07, 6.45) is 1.76. The SMILES string of the molecule is CCOc1cc(/C=N/Nc2cc(N3CCOCC3)nc(N3CCOCC3)n2)ccc1OCCSc1cccc2ccccc12. The molecule has 4 aromatic rings. The number of hydrogen-bond donors (Lipinski definition) is 1. The number of hydrazone groups is 1. The second-order valence-electron chi connectivity index (χ2n) is 10.3. The maximum atomic E-state index is 6.14. The molecule has 0 spiro atoms. The van der Waals surface area contributed by atoms with E-state index in [-0.39, 0.29) is 0 Å². The van der Waals surface area contributed by atoms with Crippen molar-refractivity contribution in [3.63, 3.8) is 0 Å². The summed E-state index contributed by atoms with van der Waals surface area (Å²) < 4.78 is 23.1. The number of rotatable bonds is 12. The van der Waals surface area contributed by atoms with Gasteiger partial charge in [-0.1, -0.05) is 36.4 Å². The lowest BCUT2D eigenvalue weighted by molar-refractivity contribution is 0.121. The molecule has 0 radical (unpaired) electrons. The number of ether oxygens (including phenoxy) is 4. The second-order valence-corrected chi connectivity index (χ2v) is 11.4. The van der Waals surface area contributed by atoms with Crippen LogP contribution in [0.15, 0.2) is 76.7 Å². The van der Waals surface area contributed by atoms with E-state index < -0.39 is 0 Å². The lowest BCUT2D eigenvalue weighted by atomic mass is 10.1. The normalized spacial score (nSPS) is 15.6. The number of fused-ring (bicyclic) bond motifs is 1.